The Kier molecular flexibility index (Phi) is 9.77. The number of non-ortho nitro benzene ring substituents is 2. The summed E-state index contributed by atoms with van der Waals surface area (Å²) in [5.74, 6) is -2.05. The second-order valence-corrected chi connectivity index (χ2v) is 14.7. The number of carbonyl (C=O) groups excluding carboxylic acids is 3. The number of nitro groups is 2. The van der Waals surface area contributed by atoms with E-state index in [1.54, 1.807) is 13.1 Å². The summed E-state index contributed by atoms with van der Waals surface area (Å²) in [4.78, 5) is 68.1. The van der Waals surface area contributed by atoms with Gasteiger partial charge in [0, 0.05) is 42.0 Å². The van der Waals surface area contributed by atoms with Crippen LogP contribution in [0.25, 0.3) is 10.4 Å². The number of aromatic nitrogens is 4. The van der Waals surface area contributed by atoms with Crippen LogP contribution in [0.5, 0.6) is 0 Å². The summed E-state index contributed by atoms with van der Waals surface area (Å²) in [5, 5.41) is 33.3. The topological polar surface area (TPSA) is 206 Å². The molecule has 54 heavy (non-hydrogen) atoms. The Labute approximate surface area is 314 Å². The Bertz CT molecular complexity index is 2350. The van der Waals surface area contributed by atoms with Crippen molar-refractivity contribution in [2.75, 3.05) is 6.26 Å². The maximum atomic E-state index is 13.7. The fourth-order valence-electron chi connectivity index (χ4n) is 6.84. The first-order valence-electron chi connectivity index (χ1n) is 16.5. The molecule has 0 bridgehead atoms. The average molecular weight is 775 g/mol. The number of hydrogen-bond donors (Lipinski definition) is 1. The molecule has 0 saturated carbocycles. The highest BCUT2D eigenvalue weighted by atomic mass is 32.2. The van der Waals surface area contributed by atoms with Gasteiger partial charge in [0.25, 0.3) is 17.7 Å². The zero-order chi connectivity index (χ0) is 38.4. The van der Waals surface area contributed by atoms with Gasteiger partial charge in [-0.2, -0.15) is 4.40 Å². The number of nitrogens with zero attached hydrogens (tertiary/aromatic N) is 7. The van der Waals surface area contributed by atoms with Gasteiger partial charge in [-0.15, -0.1) is 0 Å². The van der Waals surface area contributed by atoms with E-state index in [0.29, 0.717) is 28.9 Å². The lowest BCUT2D eigenvalue weighted by molar-refractivity contribution is -0.722. The van der Waals surface area contributed by atoms with E-state index in [9.17, 15) is 39.7 Å². The summed E-state index contributed by atoms with van der Waals surface area (Å²) in [6.07, 6.45) is 7.02. The molecule has 2 aromatic carbocycles. The highest BCUT2D eigenvalue weighted by Crippen LogP contribution is 2.52. The summed E-state index contributed by atoms with van der Waals surface area (Å²) in [5.41, 5.74) is 2.31. The molecule has 2 aliphatic heterocycles. The first kappa shape index (κ1) is 36.4. The third-order valence-electron chi connectivity index (χ3n) is 9.44. The maximum Gasteiger partial charge on any atom is 0.419 e. The van der Waals surface area contributed by atoms with Crippen molar-refractivity contribution in [3.63, 3.8) is 0 Å². The largest absolute Gasteiger partial charge is 0.456 e. The monoisotopic (exact) mass is 774 g/mol. The van der Waals surface area contributed by atoms with Gasteiger partial charge < -0.3 is 19.5 Å². The quantitative estimate of drug-likeness (QED) is 0.0462. The van der Waals surface area contributed by atoms with Gasteiger partial charge in [0.15, 0.2) is 0 Å². The number of nitro benzene ring substituents is 2. The van der Waals surface area contributed by atoms with Crippen LogP contribution in [-0.4, -0.2) is 70.2 Å². The molecule has 2 aliphatic rings. The first-order valence-corrected chi connectivity index (χ1v) is 18.6. The van der Waals surface area contributed by atoms with Crippen molar-refractivity contribution in [2.24, 2.45) is 11.8 Å². The summed E-state index contributed by atoms with van der Waals surface area (Å²) in [7, 11) is 0. The van der Waals surface area contributed by atoms with Gasteiger partial charge in [0.1, 0.15) is 43.7 Å². The van der Waals surface area contributed by atoms with Gasteiger partial charge in [-0.25, -0.2) is 23.7 Å². The highest BCUT2D eigenvalue weighted by Gasteiger charge is 2.60. The minimum Gasteiger partial charge on any atom is -0.456 e. The molecule has 19 heteroatoms. The fraction of sp³-hybridized carbons (Fsp3) is 0.286. The number of carbonyl (C=O) groups is 3. The van der Waals surface area contributed by atoms with Crippen LogP contribution in [0.2, 0.25) is 0 Å². The molecular weight excluding hydrogens is 743 g/mol. The summed E-state index contributed by atoms with van der Waals surface area (Å²) >= 11 is 2.93. The van der Waals surface area contributed by atoms with E-state index in [2.05, 4.69) is 4.98 Å². The summed E-state index contributed by atoms with van der Waals surface area (Å²) in [6, 6.07) is 10.9. The molecule has 7 rings (SSSR count). The Balaban J connectivity index is 1.11. The molecule has 278 valence electrons. The van der Waals surface area contributed by atoms with E-state index >= 15 is 0 Å². The fourth-order valence-corrected chi connectivity index (χ4v) is 9.02. The smallest absolute Gasteiger partial charge is 0.419 e. The van der Waals surface area contributed by atoms with Crippen LogP contribution in [0.4, 0.5) is 16.2 Å². The van der Waals surface area contributed by atoms with E-state index in [1.165, 1.54) is 87.4 Å². The van der Waals surface area contributed by atoms with Crippen molar-refractivity contribution in [3.05, 3.63) is 121 Å². The number of benzene rings is 2. The number of β-lactam (4-membered cyclic amide) rings is 1. The molecule has 1 amide bonds. The number of aliphatic hydroxyl groups is 1. The number of aliphatic hydroxyl groups excluding tert-OH is 1. The molecule has 1 saturated heterocycles. The predicted molar refractivity (Wildman–Crippen MR) is 192 cm³/mol. The lowest BCUT2D eigenvalue weighted by Gasteiger charge is -2.46. The number of rotatable bonds is 12. The van der Waals surface area contributed by atoms with Gasteiger partial charge in [-0.05, 0) is 48.6 Å². The van der Waals surface area contributed by atoms with Crippen LogP contribution < -0.4 is 4.57 Å². The number of thioether (sulfide) groups is 1. The Morgan fingerprint density at radius 1 is 1.02 bits per heavy atom. The molecule has 0 unspecified atom stereocenters. The average Bonchev–Trinajstić information content (AvgIpc) is 3.91. The summed E-state index contributed by atoms with van der Waals surface area (Å²) < 4.78 is 16.1. The Morgan fingerprint density at radius 3 is 2.20 bits per heavy atom. The summed E-state index contributed by atoms with van der Waals surface area (Å²) in [6.45, 7) is 3.56. The van der Waals surface area contributed by atoms with Crippen LogP contribution in [0, 0.1) is 32.1 Å². The molecular formula is C35H32N7O10S2+. The first-order chi connectivity index (χ1) is 25.9. The number of fused-ring (bicyclic) bond motifs is 2. The van der Waals surface area contributed by atoms with Crippen molar-refractivity contribution in [1.29, 1.82) is 0 Å². The van der Waals surface area contributed by atoms with E-state index < -0.39 is 40.0 Å². The van der Waals surface area contributed by atoms with Crippen molar-refractivity contribution in [2.45, 2.75) is 50.8 Å². The van der Waals surface area contributed by atoms with Crippen molar-refractivity contribution >= 4 is 62.8 Å². The third kappa shape index (κ3) is 6.60. The Hall–Kier alpha value is -5.92. The second-order valence-electron chi connectivity index (χ2n) is 12.8. The number of imidazole rings is 2. The number of ether oxygens (including phenoxy) is 2. The molecule has 1 N–H and O–H groups in total. The number of hydrogen-bond acceptors (Lipinski definition) is 13. The maximum absolute atomic E-state index is 13.7. The standard InChI is InChI=1S/C35H32N7O10S2/c1-19-27(30(40-29(19)28(20(2)43)31(40)44)34(45)51-15-21-4-8-24(9-5-21)41(47)48)26-14-39-18-38(32(53-3)33(39)54-26)13-23-12-37(17-36-23)35(46)52-16-22-6-10-25(11-7-22)42(49)50/h4-12,14,17-20,28-29,43H,13,15-16H2,1-3H3/q+1/t19-,20+,28+,29+/m0/s1. The lowest BCUT2D eigenvalue weighted by Crippen LogP contribution is -2.63. The van der Waals surface area contributed by atoms with Gasteiger partial charge in [0.2, 0.25) is 15.8 Å². The van der Waals surface area contributed by atoms with E-state index in [1.807, 2.05) is 34.7 Å². The zero-order valence-electron chi connectivity index (χ0n) is 28.9. The van der Waals surface area contributed by atoms with Crippen molar-refractivity contribution in [3.8, 4) is 0 Å². The van der Waals surface area contributed by atoms with E-state index in [0.717, 1.165) is 14.7 Å². The molecule has 5 heterocycles. The van der Waals surface area contributed by atoms with Crippen molar-refractivity contribution in [1.82, 2.24) is 18.9 Å². The lowest BCUT2D eigenvalue weighted by atomic mass is 9.77. The van der Waals surface area contributed by atoms with Gasteiger partial charge >= 0.3 is 12.1 Å². The highest BCUT2D eigenvalue weighted by molar-refractivity contribution is 7.98. The second kappa shape index (κ2) is 14.5. The van der Waals surface area contributed by atoms with Crippen LogP contribution in [0.15, 0.2) is 84.3 Å². The molecule has 0 spiro atoms. The predicted octanol–water partition coefficient (Wildman–Crippen LogP) is 4.57. The van der Waals surface area contributed by atoms with Crippen LogP contribution in [0.3, 0.4) is 0 Å². The van der Waals surface area contributed by atoms with E-state index in [4.69, 9.17) is 9.47 Å². The SMILES string of the molecule is CSc1c2sc(C3=C(C(=O)OCc4ccc([N+](=O)[O-])cc4)N4C(=O)[C@H]([C@@H](C)O)[C@H]4[C@H]3C)cn2c[n+]1Cc1cn(C(=O)OCc2ccc([N+](=O)[O-])cc2)cn1. The minimum absolute atomic E-state index is 0.0612. The minimum atomic E-state index is -0.917. The number of thiazole rings is 1. The van der Waals surface area contributed by atoms with Crippen LogP contribution in [-0.2, 0) is 38.8 Å². The normalized spacial score (nSPS) is 18.4. The third-order valence-corrected chi connectivity index (χ3v) is 11.5. The van der Waals surface area contributed by atoms with Gasteiger partial charge in [-0.3, -0.25) is 25.0 Å². The molecule has 17 nitrogen and oxygen atoms in total. The van der Waals surface area contributed by atoms with Gasteiger partial charge in [-0.1, -0.05) is 30.0 Å². The number of amides is 1. The van der Waals surface area contributed by atoms with Gasteiger partial charge in [0.05, 0.1) is 32.8 Å². The molecule has 4 atom stereocenters. The van der Waals surface area contributed by atoms with Crippen LogP contribution in [0.1, 0.15) is 35.5 Å². The molecule has 0 aliphatic carbocycles. The Morgan fingerprint density at radius 2 is 1.63 bits per heavy atom. The number of esters is 1. The molecule has 3 aromatic heterocycles. The van der Waals surface area contributed by atoms with Crippen molar-refractivity contribution < 1.29 is 43.4 Å². The molecule has 5 aromatic rings. The molecule has 1 fully saturated rings. The zero-order valence-corrected chi connectivity index (χ0v) is 30.6. The van der Waals surface area contributed by atoms with E-state index in [-0.39, 0.29) is 42.1 Å². The van der Waals surface area contributed by atoms with Crippen LogP contribution >= 0.6 is 23.1 Å². The molecule has 0 radical (unpaired) electrons.